The first-order valence-corrected chi connectivity index (χ1v) is 30.2. The highest BCUT2D eigenvalue weighted by Gasteiger charge is 2.15. The standard InChI is InChI=1S/2C40H24N6/c1-3-31-21-33(32-4-2-19-43-40(32)39(31)42-18-1)25-5-7-26(8-6-25)34-15-13-27-9-11-29(22-37(27)45-34)30-12-10-28-14-16-36(46-38(28)23-30)35-17-20-41-24-44-35;1-2-29-9-10-30-15-17-34(46-40(30)39(29)42-20-1)26-5-3-25(4-6-26)33-16-13-27-7-11-31(22-37(27)44-33)32-12-8-28-14-18-36(45-38(28)23-32)35-19-21-41-24-43-35/h2*1-24H. The van der Waals surface area contributed by atoms with Crippen LogP contribution in [0, 0.1) is 0 Å². The van der Waals surface area contributed by atoms with Gasteiger partial charge in [-0.2, -0.15) is 0 Å². The number of aromatic nitrogens is 12. The van der Waals surface area contributed by atoms with E-state index in [1.54, 1.807) is 25.0 Å². The van der Waals surface area contributed by atoms with Crippen molar-refractivity contribution in [3.63, 3.8) is 0 Å². The number of rotatable bonds is 8. The molecular formula is C80H48N12. The zero-order chi connectivity index (χ0) is 60.9. The van der Waals surface area contributed by atoms with Gasteiger partial charge in [-0.15, -0.1) is 0 Å². The van der Waals surface area contributed by atoms with E-state index < -0.39 is 0 Å². The quantitative estimate of drug-likeness (QED) is 0.133. The molecule has 0 saturated heterocycles. The van der Waals surface area contributed by atoms with Crippen LogP contribution >= 0.6 is 0 Å². The van der Waals surface area contributed by atoms with Crippen LogP contribution in [-0.4, -0.2) is 59.8 Å². The van der Waals surface area contributed by atoms with Crippen molar-refractivity contribution < 1.29 is 0 Å². The molecule has 0 spiro atoms. The molecule has 18 rings (SSSR count). The maximum Gasteiger partial charge on any atom is 0.116 e. The van der Waals surface area contributed by atoms with E-state index in [9.17, 15) is 0 Å². The summed E-state index contributed by atoms with van der Waals surface area (Å²) in [4.78, 5) is 55.6. The van der Waals surface area contributed by atoms with Gasteiger partial charge in [0, 0.05) is 90.8 Å². The average molecular weight is 1180 g/mol. The molecule has 0 bridgehead atoms. The molecule has 0 fully saturated rings. The Balaban J connectivity index is 0.000000141. The maximum absolute atomic E-state index is 5.09. The van der Waals surface area contributed by atoms with Crippen LogP contribution in [-0.2, 0) is 0 Å². The summed E-state index contributed by atoms with van der Waals surface area (Å²) in [6.07, 6.45) is 12.0. The number of nitrogens with zero attached hydrogens (tertiary/aromatic N) is 12. The van der Waals surface area contributed by atoms with Gasteiger partial charge in [-0.05, 0) is 124 Å². The van der Waals surface area contributed by atoms with Crippen LogP contribution in [0.5, 0.6) is 0 Å². The Hall–Kier alpha value is -12.8. The van der Waals surface area contributed by atoms with Crippen molar-refractivity contribution in [3.05, 3.63) is 292 Å². The fourth-order valence-electron chi connectivity index (χ4n) is 12.2. The van der Waals surface area contributed by atoms with Crippen LogP contribution in [0.15, 0.2) is 292 Å². The molecule has 428 valence electrons. The molecule has 10 heterocycles. The lowest BCUT2D eigenvalue weighted by Gasteiger charge is -2.11. The molecular weight excluding hydrogens is 1130 g/mol. The van der Waals surface area contributed by atoms with Gasteiger partial charge >= 0.3 is 0 Å². The van der Waals surface area contributed by atoms with Gasteiger partial charge in [0.15, 0.2) is 0 Å². The summed E-state index contributed by atoms with van der Waals surface area (Å²) in [5.41, 5.74) is 23.2. The minimum absolute atomic E-state index is 0.803. The normalized spacial score (nSPS) is 11.5. The number of pyridine rings is 8. The predicted octanol–water partition coefficient (Wildman–Crippen LogP) is 18.7. The van der Waals surface area contributed by atoms with Gasteiger partial charge in [0.25, 0.3) is 0 Å². The summed E-state index contributed by atoms with van der Waals surface area (Å²) in [5, 5.41) is 8.68. The van der Waals surface area contributed by atoms with Crippen molar-refractivity contribution in [2.75, 3.05) is 0 Å². The molecule has 0 unspecified atom stereocenters. The van der Waals surface area contributed by atoms with Crippen molar-refractivity contribution in [1.29, 1.82) is 0 Å². The van der Waals surface area contributed by atoms with E-state index >= 15 is 0 Å². The second kappa shape index (κ2) is 22.7. The third kappa shape index (κ3) is 10.1. The summed E-state index contributed by atoms with van der Waals surface area (Å²) in [6.45, 7) is 0. The van der Waals surface area contributed by atoms with Gasteiger partial charge in [-0.3, -0.25) is 15.0 Å². The first kappa shape index (κ1) is 53.4. The van der Waals surface area contributed by atoms with Crippen LogP contribution in [0.3, 0.4) is 0 Å². The lowest BCUT2D eigenvalue weighted by Crippen LogP contribution is -1.90. The molecule has 92 heavy (non-hydrogen) atoms. The van der Waals surface area contributed by atoms with Crippen LogP contribution in [0.4, 0.5) is 0 Å². The lowest BCUT2D eigenvalue weighted by molar-refractivity contribution is 1.16. The minimum Gasteiger partial charge on any atom is -0.254 e. The Morgan fingerprint density at radius 2 is 0.543 bits per heavy atom. The van der Waals surface area contributed by atoms with Crippen molar-refractivity contribution >= 4 is 87.2 Å². The Morgan fingerprint density at radius 3 is 1.01 bits per heavy atom. The van der Waals surface area contributed by atoms with Crippen LogP contribution in [0.2, 0.25) is 0 Å². The average Bonchev–Trinajstić information content (AvgIpc) is 1.02. The maximum atomic E-state index is 5.09. The van der Waals surface area contributed by atoms with Gasteiger partial charge in [0.2, 0.25) is 0 Å². The smallest absolute Gasteiger partial charge is 0.116 e. The Morgan fingerprint density at radius 1 is 0.196 bits per heavy atom. The van der Waals surface area contributed by atoms with Crippen LogP contribution < -0.4 is 0 Å². The SMILES string of the molecule is c1cnc2c(c1)cc(-c1ccc(-c3ccc4ccc(-c5ccc6ccc(-c7ccncn7)nc6c5)cc4n3)cc1)c1cccnc12.c1cnc2c(c1)ccc1ccc(-c3ccc(-c4ccc5ccc(-c6ccc7ccc(-c8ccncn8)nc7c6)cc5n4)cc3)nc12. The number of hydrogen-bond donors (Lipinski definition) is 0. The van der Waals surface area contributed by atoms with E-state index in [-0.39, 0.29) is 0 Å². The van der Waals surface area contributed by atoms with Crippen molar-refractivity contribution in [2.24, 2.45) is 0 Å². The Kier molecular flexibility index (Phi) is 13.2. The predicted molar refractivity (Wildman–Crippen MR) is 370 cm³/mol. The summed E-state index contributed by atoms with van der Waals surface area (Å²) in [7, 11) is 0. The summed E-state index contributed by atoms with van der Waals surface area (Å²) >= 11 is 0. The summed E-state index contributed by atoms with van der Waals surface area (Å²) in [6, 6.07) is 85.8. The van der Waals surface area contributed by atoms with Crippen molar-refractivity contribution in [3.8, 4) is 89.9 Å². The highest BCUT2D eigenvalue weighted by molar-refractivity contribution is 6.10. The van der Waals surface area contributed by atoms with E-state index in [0.29, 0.717) is 0 Å². The van der Waals surface area contributed by atoms with Gasteiger partial charge < -0.3 is 0 Å². The summed E-state index contributed by atoms with van der Waals surface area (Å²) in [5.74, 6) is 0. The van der Waals surface area contributed by atoms with Gasteiger partial charge in [-0.25, -0.2) is 44.9 Å². The first-order chi connectivity index (χ1) is 45.5. The zero-order valence-electron chi connectivity index (χ0n) is 49.1. The van der Waals surface area contributed by atoms with E-state index in [1.807, 2.05) is 61.1 Å². The number of benzene rings is 8. The second-order valence-corrected chi connectivity index (χ2v) is 22.6. The van der Waals surface area contributed by atoms with Gasteiger partial charge in [0.05, 0.1) is 84.0 Å². The largest absolute Gasteiger partial charge is 0.254 e. The minimum atomic E-state index is 0.803. The monoisotopic (exact) mass is 1180 g/mol. The summed E-state index contributed by atoms with van der Waals surface area (Å²) < 4.78 is 0. The highest BCUT2D eigenvalue weighted by Crippen LogP contribution is 2.37. The molecule has 12 nitrogen and oxygen atoms in total. The molecule has 0 aliphatic rings. The van der Waals surface area contributed by atoms with E-state index in [0.717, 1.165) is 177 Å². The molecule has 0 aliphatic heterocycles. The molecule has 8 aromatic carbocycles. The van der Waals surface area contributed by atoms with E-state index in [2.05, 4.69) is 241 Å². The van der Waals surface area contributed by atoms with Gasteiger partial charge in [-0.1, -0.05) is 158 Å². The zero-order valence-corrected chi connectivity index (χ0v) is 49.1. The number of fused-ring (bicyclic) bond motifs is 10. The van der Waals surface area contributed by atoms with E-state index in [4.69, 9.17) is 24.9 Å². The molecule has 18 aromatic rings. The third-order valence-corrected chi connectivity index (χ3v) is 17.0. The Labute approximate surface area is 526 Å². The molecule has 0 N–H and O–H groups in total. The van der Waals surface area contributed by atoms with Crippen molar-refractivity contribution in [2.45, 2.75) is 0 Å². The van der Waals surface area contributed by atoms with Crippen LogP contribution in [0.1, 0.15) is 0 Å². The molecule has 0 radical (unpaired) electrons. The lowest BCUT2D eigenvalue weighted by atomic mass is 9.96. The topological polar surface area (TPSA) is 155 Å². The molecule has 12 heteroatoms. The molecule has 0 aliphatic carbocycles. The van der Waals surface area contributed by atoms with Crippen molar-refractivity contribution in [1.82, 2.24) is 59.8 Å². The first-order valence-electron chi connectivity index (χ1n) is 30.2. The molecule has 0 atom stereocenters. The molecule has 0 amide bonds. The Bertz CT molecular complexity index is 5880. The second-order valence-electron chi connectivity index (χ2n) is 22.6. The molecule has 0 saturated carbocycles. The van der Waals surface area contributed by atoms with E-state index in [1.165, 1.54) is 0 Å². The highest BCUT2D eigenvalue weighted by atomic mass is 14.9. The third-order valence-electron chi connectivity index (χ3n) is 17.0. The number of hydrogen-bond acceptors (Lipinski definition) is 12. The van der Waals surface area contributed by atoms with Gasteiger partial charge in [0.1, 0.15) is 12.7 Å². The van der Waals surface area contributed by atoms with Crippen LogP contribution in [0.25, 0.3) is 177 Å². The molecule has 10 aromatic heterocycles. The fraction of sp³-hybridized carbons (Fsp3) is 0. The fourth-order valence-corrected chi connectivity index (χ4v) is 12.2.